The molecule has 5 aromatic rings. The number of rotatable bonds is 4. The molecule has 3 heterocycles. The van der Waals surface area contributed by atoms with Gasteiger partial charge in [-0.3, -0.25) is 5.10 Å². The number of hydrogen-bond acceptors (Lipinski definition) is 4. The normalized spacial score (nSPS) is 11.3. The van der Waals surface area contributed by atoms with Gasteiger partial charge in [0.05, 0.1) is 34.8 Å². The van der Waals surface area contributed by atoms with Crippen molar-refractivity contribution in [1.29, 1.82) is 0 Å². The predicted octanol–water partition coefficient (Wildman–Crippen LogP) is 4.31. The van der Waals surface area contributed by atoms with Crippen LogP contribution in [0.3, 0.4) is 0 Å². The van der Waals surface area contributed by atoms with Crippen LogP contribution in [0.25, 0.3) is 21.9 Å². The molecule has 0 radical (unpaired) electrons. The first-order chi connectivity index (χ1) is 13.3. The van der Waals surface area contributed by atoms with Crippen molar-refractivity contribution in [1.82, 2.24) is 25.1 Å². The zero-order valence-electron chi connectivity index (χ0n) is 14.2. The molecule has 27 heavy (non-hydrogen) atoms. The summed E-state index contributed by atoms with van der Waals surface area (Å²) < 4.78 is 14.1. The number of aromatic amines is 2. The van der Waals surface area contributed by atoms with Crippen LogP contribution in [-0.4, -0.2) is 25.1 Å². The van der Waals surface area contributed by atoms with Gasteiger partial charge in [-0.05, 0) is 29.8 Å². The van der Waals surface area contributed by atoms with Gasteiger partial charge in [-0.2, -0.15) is 5.10 Å². The van der Waals surface area contributed by atoms with Crippen molar-refractivity contribution in [2.45, 2.75) is 6.42 Å². The quantitative estimate of drug-likeness (QED) is 0.447. The highest BCUT2D eigenvalue weighted by molar-refractivity contribution is 5.85. The Bertz CT molecular complexity index is 1260. The average molecular weight is 358 g/mol. The summed E-state index contributed by atoms with van der Waals surface area (Å²) in [6.07, 6.45) is 3.77. The monoisotopic (exact) mass is 358 g/mol. The Balaban J connectivity index is 1.54. The molecule has 7 heteroatoms. The topological polar surface area (TPSA) is 82.3 Å². The molecular weight excluding hydrogens is 343 g/mol. The molecular formula is C20H15FN6. The number of nitrogens with zero attached hydrogens (tertiary/aromatic N) is 3. The number of fused-ring (bicyclic) bond motifs is 2. The third kappa shape index (κ3) is 2.89. The van der Waals surface area contributed by atoms with Crippen LogP contribution >= 0.6 is 0 Å². The summed E-state index contributed by atoms with van der Waals surface area (Å²) in [6.45, 7) is 0. The third-order valence-electron chi connectivity index (χ3n) is 4.52. The maximum atomic E-state index is 14.1. The molecule has 0 saturated heterocycles. The van der Waals surface area contributed by atoms with Crippen molar-refractivity contribution in [3.8, 4) is 0 Å². The van der Waals surface area contributed by atoms with Gasteiger partial charge in [0.15, 0.2) is 0 Å². The van der Waals surface area contributed by atoms with Crippen LogP contribution < -0.4 is 5.32 Å². The molecule has 0 spiro atoms. The number of nitrogens with one attached hydrogen (secondary N) is 3. The number of benzene rings is 2. The largest absolute Gasteiger partial charge is 0.345 e. The van der Waals surface area contributed by atoms with E-state index < -0.39 is 0 Å². The van der Waals surface area contributed by atoms with E-state index in [0.29, 0.717) is 17.8 Å². The molecule has 0 amide bonds. The lowest BCUT2D eigenvalue weighted by Crippen LogP contribution is -2.00. The lowest BCUT2D eigenvalue weighted by Gasteiger charge is -2.10. The summed E-state index contributed by atoms with van der Waals surface area (Å²) in [6, 6.07) is 14.5. The number of hydrogen-bond donors (Lipinski definition) is 3. The summed E-state index contributed by atoms with van der Waals surface area (Å²) in [4.78, 5) is 12.0. The molecule has 0 saturated carbocycles. The highest BCUT2D eigenvalue weighted by atomic mass is 19.1. The number of anilines is 2. The zero-order chi connectivity index (χ0) is 18.2. The molecule has 6 nitrogen and oxygen atoms in total. The minimum absolute atomic E-state index is 0.237. The minimum Gasteiger partial charge on any atom is -0.345 e. The number of halogens is 1. The molecule has 2 aromatic carbocycles. The van der Waals surface area contributed by atoms with Crippen molar-refractivity contribution in [2.24, 2.45) is 0 Å². The van der Waals surface area contributed by atoms with Crippen LogP contribution in [0.4, 0.5) is 15.9 Å². The number of H-pyrrole nitrogens is 2. The molecule has 3 aromatic heterocycles. The van der Waals surface area contributed by atoms with Gasteiger partial charge in [0.2, 0.25) is 0 Å². The van der Waals surface area contributed by atoms with E-state index in [1.54, 1.807) is 24.7 Å². The smallest absolute Gasteiger partial charge is 0.132 e. The molecule has 0 fully saturated rings. The fraction of sp³-hybridized carbons (Fsp3) is 0.0500. The molecule has 132 valence electrons. The van der Waals surface area contributed by atoms with Gasteiger partial charge in [-0.15, -0.1) is 0 Å². The summed E-state index contributed by atoms with van der Waals surface area (Å²) in [5.41, 5.74) is 4.93. The number of imidazole rings is 1. The van der Waals surface area contributed by atoms with Crippen LogP contribution in [0, 0.1) is 5.82 Å². The van der Waals surface area contributed by atoms with Crippen LogP contribution in [0.1, 0.15) is 11.3 Å². The minimum atomic E-state index is -0.237. The van der Waals surface area contributed by atoms with Crippen molar-refractivity contribution >= 4 is 33.4 Å². The van der Waals surface area contributed by atoms with Crippen molar-refractivity contribution < 1.29 is 4.39 Å². The summed E-state index contributed by atoms with van der Waals surface area (Å²) in [7, 11) is 0. The Morgan fingerprint density at radius 3 is 2.89 bits per heavy atom. The van der Waals surface area contributed by atoms with E-state index in [1.807, 2.05) is 30.3 Å². The van der Waals surface area contributed by atoms with Gasteiger partial charge in [0.1, 0.15) is 11.6 Å². The zero-order valence-corrected chi connectivity index (χ0v) is 14.2. The first-order valence-corrected chi connectivity index (χ1v) is 8.53. The Labute approximate surface area is 153 Å². The Morgan fingerprint density at radius 1 is 1.04 bits per heavy atom. The van der Waals surface area contributed by atoms with Crippen molar-refractivity contribution in [3.63, 3.8) is 0 Å². The molecule has 0 bridgehead atoms. The average Bonchev–Trinajstić information content (AvgIpc) is 3.32. The van der Waals surface area contributed by atoms with Gasteiger partial charge in [-0.1, -0.05) is 18.2 Å². The van der Waals surface area contributed by atoms with E-state index in [1.165, 1.54) is 6.07 Å². The SMILES string of the molecule is Fc1ccccc1Cc1nc(Nc2ccc3nc[nH]c3c2)cc2[nH]ncc12. The van der Waals surface area contributed by atoms with E-state index in [-0.39, 0.29) is 5.82 Å². The summed E-state index contributed by atoms with van der Waals surface area (Å²) in [5.74, 6) is 0.427. The number of aromatic nitrogens is 5. The Hall–Kier alpha value is -3.74. The summed E-state index contributed by atoms with van der Waals surface area (Å²) in [5, 5.41) is 11.3. The highest BCUT2D eigenvalue weighted by Gasteiger charge is 2.11. The van der Waals surface area contributed by atoms with E-state index >= 15 is 0 Å². The molecule has 3 N–H and O–H groups in total. The van der Waals surface area contributed by atoms with Crippen LogP contribution in [0.2, 0.25) is 0 Å². The lowest BCUT2D eigenvalue weighted by atomic mass is 10.1. The highest BCUT2D eigenvalue weighted by Crippen LogP contribution is 2.25. The van der Waals surface area contributed by atoms with Crippen molar-refractivity contribution in [3.05, 3.63) is 78.1 Å². The molecule has 0 aliphatic heterocycles. The van der Waals surface area contributed by atoms with Crippen LogP contribution in [-0.2, 0) is 6.42 Å². The predicted molar refractivity (Wildman–Crippen MR) is 102 cm³/mol. The van der Waals surface area contributed by atoms with Gasteiger partial charge in [-0.25, -0.2) is 14.4 Å². The second kappa shape index (κ2) is 6.21. The van der Waals surface area contributed by atoms with Gasteiger partial charge >= 0.3 is 0 Å². The van der Waals surface area contributed by atoms with Crippen molar-refractivity contribution in [2.75, 3.05) is 5.32 Å². The van der Waals surface area contributed by atoms with Gasteiger partial charge in [0, 0.05) is 23.6 Å². The Morgan fingerprint density at radius 2 is 1.96 bits per heavy atom. The second-order valence-electron chi connectivity index (χ2n) is 6.31. The Kier molecular flexibility index (Phi) is 3.57. The molecule has 0 atom stereocenters. The maximum absolute atomic E-state index is 14.1. The maximum Gasteiger partial charge on any atom is 0.132 e. The number of pyridine rings is 1. The first-order valence-electron chi connectivity index (χ1n) is 8.53. The molecule has 5 rings (SSSR count). The molecule has 0 aliphatic rings. The van der Waals surface area contributed by atoms with Crippen LogP contribution in [0.15, 0.2) is 61.1 Å². The fourth-order valence-corrected chi connectivity index (χ4v) is 3.19. The van der Waals surface area contributed by atoms with E-state index in [0.717, 1.165) is 33.3 Å². The fourth-order valence-electron chi connectivity index (χ4n) is 3.19. The van der Waals surface area contributed by atoms with Gasteiger partial charge in [0.25, 0.3) is 0 Å². The van der Waals surface area contributed by atoms with E-state index in [2.05, 4.69) is 25.5 Å². The van der Waals surface area contributed by atoms with E-state index in [4.69, 9.17) is 4.98 Å². The summed E-state index contributed by atoms with van der Waals surface area (Å²) >= 11 is 0. The second-order valence-corrected chi connectivity index (χ2v) is 6.31. The lowest BCUT2D eigenvalue weighted by molar-refractivity contribution is 0.613. The van der Waals surface area contributed by atoms with Gasteiger partial charge < -0.3 is 10.3 Å². The van der Waals surface area contributed by atoms with Crippen LogP contribution in [0.5, 0.6) is 0 Å². The third-order valence-corrected chi connectivity index (χ3v) is 4.52. The first kappa shape index (κ1) is 15.5. The van der Waals surface area contributed by atoms with E-state index in [9.17, 15) is 4.39 Å². The molecule has 0 unspecified atom stereocenters. The standard InChI is InChI=1S/C20H15FN6/c21-15-4-2-1-3-12(15)7-17-14-10-24-27-18(14)9-20(26-17)25-13-5-6-16-19(8-13)23-11-22-16/h1-6,8-11H,7H2,(H,22,23)(H,24,27)(H,25,26). The molecule has 0 aliphatic carbocycles.